The minimum Gasteiger partial charge on any atom is -0.497 e. The van der Waals surface area contributed by atoms with E-state index in [-0.39, 0.29) is 11.9 Å². The van der Waals surface area contributed by atoms with E-state index in [4.69, 9.17) is 9.47 Å². The summed E-state index contributed by atoms with van der Waals surface area (Å²) in [7, 11) is 1.66. The van der Waals surface area contributed by atoms with Crippen molar-refractivity contribution < 1.29 is 14.3 Å². The smallest absolute Gasteiger partial charge is 0.230 e. The summed E-state index contributed by atoms with van der Waals surface area (Å²) in [6, 6.07) is 8.13. The first-order valence-corrected chi connectivity index (χ1v) is 10.2. The molecule has 0 saturated carbocycles. The fourth-order valence-corrected chi connectivity index (χ4v) is 4.11. The molecule has 7 nitrogen and oxygen atoms in total. The van der Waals surface area contributed by atoms with Gasteiger partial charge in [-0.2, -0.15) is 0 Å². The number of benzene rings is 1. The van der Waals surface area contributed by atoms with Crippen molar-refractivity contribution >= 4 is 29.0 Å². The third-order valence-corrected chi connectivity index (χ3v) is 6.01. The molecule has 1 aromatic carbocycles. The van der Waals surface area contributed by atoms with Crippen LogP contribution >= 0.6 is 23.1 Å². The number of thioether (sulfide) groups is 1. The number of amides is 1. The summed E-state index contributed by atoms with van der Waals surface area (Å²) in [5.74, 6) is 1.16. The molecule has 1 aliphatic heterocycles. The third-order valence-electron chi connectivity index (χ3n) is 4.15. The molecule has 1 unspecified atom stereocenters. The van der Waals surface area contributed by atoms with E-state index in [2.05, 4.69) is 32.5 Å². The van der Waals surface area contributed by atoms with Crippen LogP contribution in [0, 0.1) is 0 Å². The van der Waals surface area contributed by atoms with Crippen molar-refractivity contribution in [1.29, 1.82) is 0 Å². The highest BCUT2D eigenvalue weighted by Gasteiger charge is 2.23. The lowest BCUT2D eigenvalue weighted by atomic mass is 10.0. The molecule has 9 heteroatoms. The van der Waals surface area contributed by atoms with Crippen molar-refractivity contribution in [3.63, 3.8) is 0 Å². The van der Waals surface area contributed by atoms with Gasteiger partial charge in [-0.05, 0) is 17.7 Å². The molecule has 1 fully saturated rings. The average Bonchev–Trinajstić information content (AvgIpc) is 3.21. The van der Waals surface area contributed by atoms with Gasteiger partial charge in [0, 0.05) is 19.6 Å². The number of aromatic nitrogens is 2. The van der Waals surface area contributed by atoms with Crippen LogP contribution in [-0.2, 0) is 9.53 Å². The molecule has 0 spiro atoms. The predicted molar refractivity (Wildman–Crippen MR) is 102 cm³/mol. The Labute approximate surface area is 161 Å². The van der Waals surface area contributed by atoms with E-state index >= 15 is 0 Å². The minimum atomic E-state index is -0.00280. The zero-order valence-corrected chi connectivity index (χ0v) is 16.2. The van der Waals surface area contributed by atoms with Gasteiger partial charge in [-0.25, -0.2) is 0 Å². The Hall–Kier alpha value is -1.68. The largest absolute Gasteiger partial charge is 0.497 e. The van der Waals surface area contributed by atoms with Crippen LogP contribution in [0.25, 0.3) is 0 Å². The predicted octanol–water partition coefficient (Wildman–Crippen LogP) is 1.83. The second-order valence-electron chi connectivity index (χ2n) is 5.73. The number of hydrogen-bond acceptors (Lipinski definition) is 8. The van der Waals surface area contributed by atoms with Crippen LogP contribution in [-0.4, -0.2) is 66.7 Å². The Balaban J connectivity index is 1.59. The van der Waals surface area contributed by atoms with Gasteiger partial charge in [-0.1, -0.05) is 35.2 Å². The summed E-state index contributed by atoms with van der Waals surface area (Å²) in [4.78, 5) is 14.6. The summed E-state index contributed by atoms with van der Waals surface area (Å²) in [6.45, 7) is 3.70. The maximum Gasteiger partial charge on any atom is 0.230 e. The van der Waals surface area contributed by atoms with E-state index in [1.165, 1.54) is 23.1 Å². The molecule has 0 bridgehead atoms. The van der Waals surface area contributed by atoms with Gasteiger partial charge >= 0.3 is 0 Å². The van der Waals surface area contributed by atoms with E-state index < -0.39 is 0 Å². The van der Waals surface area contributed by atoms with E-state index in [0.717, 1.165) is 28.7 Å². The number of methoxy groups -OCH3 is 1. The van der Waals surface area contributed by atoms with Gasteiger partial charge in [-0.3, -0.25) is 9.69 Å². The maximum atomic E-state index is 12.2. The van der Waals surface area contributed by atoms with Crippen LogP contribution in [0.5, 0.6) is 5.75 Å². The quantitative estimate of drug-likeness (QED) is 0.685. The second kappa shape index (κ2) is 9.86. The van der Waals surface area contributed by atoms with Crippen molar-refractivity contribution in [2.45, 2.75) is 10.4 Å². The van der Waals surface area contributed by atoms with Crippen LogP contribution in [0.15, 0.2) is 34.1 Å². The van der Waals surface area contributed by atoms with E-state index in [1.54, 1.807) is 12.6 Å². The standard InChI is InChI=1S/C17H22N4O3S2/c1-23-14-4-2-13(3-5-14)15(21-6-8-24-9-7-21)10-18-16(22)11-25-17-20-19-12-26-17/h2-5,12,15H,6-11H2,1H3,(H,18,22). The molecule has 1 aliphatic rings. The summed E-state index contributed by atoms with van der Waals surface area (Å²) in [5, 5.41) is 10.8. The molecule has 1 aromatic heterocycles. The first kappa shape index (κ1) is 19.1. The number of nitrogens with zero attached hydrogens (tertiary/aromatic N) is 3. The van der Waals surface area contributed by atoms with Gasteiger partial charge in [0.05, 0.1) is 32.1 Å². The van der Waals surface area contributed by atoms with Gasteiger partial charge in [0.15, 0.2) is 4.34 Å². The van der Waals surface area contributed by atoms with E-state index in [9.17, 15) is 4.79 Å². The van der Waals surface area contributed by atoms with Crippen LogP contribution in [0.2, 0.25) is 0 Å². The summed E-state index contributed by atoms with van der Waals surface area (Å²) < 4.78 is 11.5. The van der Waals surface area contributed by atoms with Gasteiger partial charge < -0.3 is 14.8 Å². The summed E-state index contributed by atoms with van der Waals surface area (Å²) in [6.07, 6.45) is 0. The molecular formula is C17H22N4O3S2. The number of ether oxygens (including phenoxy) is 2. The number of hydrogen-bond donors (Lipinski definition) is 1. The second-order valence-corrected chi connectivity index (χ2v) is 7.79. The van der Waals surface area contributed by atoms with E-state index in [1.807, 2.05) is 12.1 Å². The van der Waals surface area contributed by atoms with Gasteiger partial charge in [-0.15, -0.1) is 10.2 Å². The highest BCUT2D eigenvalue weighted by molar-refractivity contribution is 8.01. The molecule has 140 valence electrons. The molecule has 0 aliphatic carbocycles. The fraction of sp³-hybridized carbons (Fsp3) is 0.471. The Bertz CT molecular complexity index is 676. The molecule has 26 heavy (non-hydrogen) atoms. The molecule has 1 amide bonds. The monoisotopic (exact) mass is 394 g/mol. The maximum absolute atomic E-state index is 12.2. The van der Waals surface area contributed by atoms with Crippen molar-refractivity contribution in [3.05, 3.63) is 35.3 Å². The number of nitrogens with one attached hydrogen (secondary N) is 1. The normalized spacial score (nSPS) is 16.2. The van der Waals surface area contributed by atoms with E-state index in [0.29, 0.717) is 25.5 Å². The van der Waals surface area contributed by atoms with Crippen LogP contribution in [0.1, 0.15) is 11.6 Å². The zero-order valence-electron chi connectivity index (χ0n) is 14.6. The lowest BCUT2D eigenvalue weighted by Crippen LogP contribution is -2.44. The lowest BCUT2D eigenvalue weighted by Gasteiger charge is -2.35. The average molecular weight is 395 g/mol. The lowest BCUT2D eigenvalue weighted by molar-refractivity contribution is -0.118. The van der Waals surface area contributed by atoms with Crippen molar-refractivity contribution in [1.82, 2.24) is 20.4 Å². The van der Waals surface area contributed by atoms with Crippen LogP contribution in [0.4, 0.5) is 0 Å². The number of rotatable bonds is 8. The molecule has 0 radical (unpaired) electrons. The topological polar surface area (TPSA) is 76.6 Å². The third kappa shape index (κ3) is 5.41. The zero-order chi connectivity index (χ0) is 18.2. The Morgan fingerprint density at radius 3 is 2.81 bits per heavy atom. The van der Waals surface area contributed by atoms with Crippen molar-refractivity contribution in [2.24, 2.45) is 0 Å². The van der Waals surface area contributed by atoms with Gasteiger partial charge in [0.25, 0.3) is 0 Å². The minimum absolute atomic E-state index is 0.00280. The number of carbonyl (C=O) groups is 1. The first-order valence-electron chi connectivity index (χ1n) is 8.37. The molecule has 3 rings (SSSR count). The molecular weight excluding hydrogens is 372 g/mol. The molecule has 1 N–H and O–H groups in total. The Morgan fingerprint density at radius 1 is 1.38 bits per heavy atom. The molecule has 1 saturated heterocycles. The molecule has 2 heterocycles. The highest BCUT2D eigenvalue weighted by Crippen LogP contribution is 2.24. The molecule has 1 atom stereocenters. The SMILES string of the molecule is COc1ccc(C(CNC(=O)CSc2nncs2)N2CCOCC2)cc1. The molecule has 2 aromatic rings. The van der Waals surface area contributed by atoms with Crippen LogP contribution in [0.3, 0.4) is 0 Å². The number of carbonyl (C=O) groups excluding carboxylic acids is 1. The van der Waals surface area contributed by atoms with Gasteiger partial charge in [0.2, 0.25) is 5.91 Å². The fourth-order valence-electron chi connectivity index (χ4n) is 2.79. The first-order chi connectivity index (χ1) is 12.8. The Morgan fingerprint density at radius 2 is 2.15 bits per heavy atom. The Kier molecular flexibility index (Phi) is 7.24. The summed E-state index contributed by atoms with van der Waals surface area (Å²) >= 11 is 2.85. The highest BCUT2D eigenvalue weighted by atomic mass is 32.2. The number of morpholine rings is 1. The van der Waals surface area contributed by atoms with Crippen molar-refractivity contribution in [3.8, 4) is 5.75 Å². The van der Waals surface area contributed by atoms with Crippen LogP contribution < -0.4 is 10.1 Å². The van der Waals surface area contributed by atoms with Crippen molar-refractivity contribution in [2.75, 3.05) is 45.7 Å². The summed E-state index contributed by atoms with van der Waals surface area (Å²) in [5.41, 5.74) is 2.82. The van der Waals surface area contributed by atoms with Gasteiger partial charge in [0.1, 0.15) is 11.3 Å².